The molecule has 1 amide bonds. The Morgan fingerprint density at radius 3 is 2.40 bits per heavy atom. The number of ether oxygens (including phenoxy) is 1. The molecule has 4 N–H and O–H groups in total. The Morgan fingerprint density at radius 2 is 1.79 bits per heavy atom. The first kappa shape index (κ1) is 35.5. The Kier molecular flexibility index (Phi) is 14.4. The second-order valence-corrected chi connectivity index (χ2v) is 11.0. The molecule has 0 unspecified atom stereocenters. The number of hydrogen-bond donors (Lipinski definition) is 4. The van der Waals surface area contributed by atoms with Crippen LogP contribution in [-0.2, 0) is 11.3 Å². The van der Waals surface area contributed by atoms with Crippen molar-refractivity contribution >= 4 is 41.9 Å². The number of nitrogens with zero attached hydrogens (tertiary/aromatic N) is 3. The van der Waals surface area contributed by atoms with Crippen molar-refractivity contribution in [2.75, 3.05) is 52.2 Å². The zero-order valence-electron chi connectivity index (χ0n) is 24.7. The van der Waals surface area contributed by atoms with E-state index in [9.17, 15) is 22.8 Å². The maximum atomic E-state index is 12.9. The van der Waals surface area contributed by atoms with Gasteiger partial charge in [0.25, 0.3) is 0 Å². The monoisotopic (exact) mass is 625 g/mol. The van der Waals surface area contributed by atoms with Gasteiger partial charge in [-0.25, -0.2) is 9.98 Å². The fourth-order valence-electron chi connectivity index (χ4n) is 4.14. The van der Waals surface area contributed by atoms with Gasteiger partial charge in [-0.15, -0.1) is 0 Å². The van der Waals surface area contributed by atoms with E-state index < -0.39 is 12.7 Å². The first-order chi connectivity index (χ1) is 20.3. The molecule has 236 valence electrons. The molecule has 0 spiro atoms. The highest BCUT2D eigenvalue weighted by Gasteiger charge is 2.27. The largest absolute Gasteiger partial charge is 0.492 e. The molecule has 10 nitrogen and oxygen atoms in total. The van der Waals surface area contributed by atoms with E-state index in [1.165, 1.54) is 24.3 Å². The number of guanidine groups is 2. The van der Waals surface area contributed by atoms with Crippen LogP contribution in [0.2, 0.25) is 5.02 Å². The van der Waals surface area contributed by atoms with Gasteiger partial charge in [-0.05, 0) is 67.9 Å². The number of amides is 1. The lowest BCUT2D eigenvalue weighted by molar-refractivity contribution is -0.118. The number of rotatable bonds is 15. The number of carbonyl (C=O) groups excluding carboxylic acids is 2. The maximum Gasteiger partial charge on any atom is 0.408 e. The average Bonchev–Trinajstić information content (AvgIpc) is 2.93. The van der Waals surface area contributed by atoms with Crippen LogP contribution < -0.4 is 26.0 Å². The van der Waals surface area contributed by atoms with E-state index in [4.69, 9.17) is 16.3 Å². The van der Waals surface area contributed by atoms with Crippen LogP contribution in [0.25, 0.3) is 0 Å². The lowest BCUT2D eigenvalue weighted by Gasteiger charge is -2.30. The normalized spacial score (nSPS) is 12.7. The number of anilines is 1. The van der Waals surface area contributed by atoms with Crippen LogP contribution in [-0.4, -0.2) is 82.6 Å². The predicted octanol–water partition coefficient (Wildman–Crippen LogP) is 4.32. The summed E-state index contributed by atoms with van der Waals surface area (Å²) < 4.78 is 44.4. The molecule has 0 aliphatic carbocycles. The summed E-state index contributed by atoms with van der Waals surface area (Å²) >= 11 is 6.41. The Morgan fingerprint density at radius 1 is 1.07 bits per heavy atom. The van der Waals surface area contributed by atoms with Crippen LogP contribution >= 0.6 is 11.6 Å². The lowest BCUT2D eigenvalue weighted by Crippen LogP contribution is -2.44. The van der Waals surface area contributed by atoms with Gasteiger partial charge in [0.1, 0.15) is 18.6 Å². The van der Waals surface area contributed by atoms with Crippen LogP contribution in [0, 0.1) is 5.41 Å². The number of halogens is 4. The summed E-state index contributed by atoms with van der Waals surface area (Å²) in [6, 6.07) is 11.1. The van der Waals surface area contributed by atoms with Crippen LogP contribution in [0.5, 0.6) is 5.75 Å². The van der Waals surface area contributed by atoms with Crippen molar-refractivity contribution < 1.29 is 27.5 Å². The number of nitrogens with one attached hydrogen (secondary N) is 4. The molecule has 2 aromatic rings. The molecule has 0 bridgehead atoms. The van der Waals surface area contributed by atoms with Crippen LogP contribution in [0.1, 0.15) is 36.2 Å². The predicted molar refractivity (Wildman–Crippen MR) is 164 cm³/mol. The molecule has 14 heteroatoms. The van der Waals surface area contributed by atoms with Crippen molar-refractivity contribution in [3.05, 3.63) is 58.6 Å². The lowest BCUT2D eigenvalue weighted by atomic mass is 9.93. The van der Waals surface area contributed by atoms with E-state index >= 15 is 0 Å². The molecule has 0 aromatic heterocycles. The fourth-order valence-corrected chi connectivity index (χ4v) is 4.40. The summed E-state index contributed by atoms with van der Waals surface area (Å²) in [5.74, 6) is 0.0528. The molecule has 2 rings (SSSR count). The fraction of sp³-hybridized carbons (Fsp3) is 0.448. The van der Waals surface area contributed by atoms with E-state index in [0.717, 1.165) is 26.1 Å². The molecule has 0 aliphatic rings. The summed E-state index contributed by atoms with van der Waals surface area (Å²) in [5.41, 5.74) is 1.57. The van der Waals surface area contributed by atoms with Gasteiger partial charge in [-0.1, -0.05) is 31.5 Å². The van der Waals surface area contributed by atoms with E-state index in [1.54, 1.807) is 18.2 Å². The minimum atomic E-state index is -4.56. The Hall–Kier alpha value is -3.68. The number of aliphatic imine (C=N–C) groups is 2. The highest BCUT2D eigenvalue weighted by atomic mass is 35.5. The first-order valence-electron chi connectivity index (χ1n) is 13.5. The zero-order valence-corrected chi connectivity index (χ0v) is 25.5. The SMILES string of the molecule is CNCC(C)(C)CN(C)CCCOc1ccc(CN=C(NC=O)NC(=NCC(F)(F)F)Nc2ccc(C=O)cc2)cc1Cl. The zero-order chi connectivity index (χ0) is 31.9. The van der Waals surface area contributed by atoms with E-state index in [0.29, 0.717) is 46.9 Å². The number of alkyl halides is 3. The Bertz CT molecular complexity index is 1240. The molecule has 0 heterocycles. The molecule has 43 heavy (non-hydrogen) atoms. The van der Waals surface area contributed by atoms with Crippen molar-refractivity contribution in [3.63, 3.8) is 0 Å². The smallest absolute Gasteiger partial charge is 0.408 e. The molecular weight excluding hydrogens is 587 g/mol. The van der Waals surface area contributed by atoms with Crippen LogP contribution in [0.3, 0.4) is 0 Å². The van der Waals surface area contributed by atoms with Crippen molar-refractivity contribution in [1.29, 1.82) is 0 Å². The van der Waals surface area contributed by atoms with Gasteiger partial charge in [0.2, 0.25) is 18.3 Å². The highest BCUT2D eigenvalue weighted by Crippen LogP contribution is 2.26. The Balaban J connectivity index is 2.02. The molecule has 0 saturated heterocycles. The van der Waals surface area contributed by atoms with E-state index in [1.807, 2.05) is 7.05 Å². The summed E-state index contributed by atoms with van der Waals surface area (Å²) in [5, 5.41) is 11.2. The third-order valence-electron chi connectivity index (χ3n) is 5.87. The van der Waals surface area contributed by atoms with Gasteiger partial charge in [0.15, 0.2) is 0 Å². The standard InChI is InChI=1S/C29H39ClF3N7O3/c1-28(2,17-34-3)19-40(4)12-5-13-43-25-11-8-22(14-24(25)30)15-35-26(37-20-42)39-27(36-18-29(31,32)33)38-23-9-6-21(16-41)7-10-23/h6-11,14,16,20,34H,5,12-13,15,17-19H2,1-4H3,(H3,35,36,37,38,39,42). The average molecular weight is 626 g/mol. The summed E-state index contributed by atoms with van der Waals surface area (Å²) in [6.45, 7) is 6.19. The van der Waals surface area contributed by atoms with Crippen LogP contribution in [0.4, 0.5) is 18.9 Å². The first-order valence-corrected chi connectivity index (χ1v) is 13.9. The van der Waals surface area contributed by atoms with Gasteiger partial charge >= 0.3 is 6.18 Å². The van der Waals surface area contributed by atoms with Crippen molar-refractivity contribution in [1.82, 2.24) is 20.9 Å². The van der Waals surface area contributed by atoms with Crippen molar-refractivity contribution in [2.45, 2.75) is 33.0 Å². The molecule has 0 radical (unpaired) electrons. The molecule has 0 aliphatic heterocycles. The minimum Gasteiger partial charge on any atom is -0.492 e. The van der Waals surface area contributed by atoms with Crippen molar-refractivity contribution in [2.24, 2.45) is 15.4 Å². The topological polar surface area (TPSA) is 119 Å². The Labute approximate surface area is 255 Å². The third-order valence-corrected chi connectivity index (χ3v) is 6.16. The summed E-state index contributed by atoms with van der Waals surface area (Å²) in [6.07, 6.45) is -2.78. The second kappa shape index (κ2) is 17.4. The number of benzene rings is 2. The third kappa shape index (κ3) is 14.4. The van der Waals surface area contributed by atoms with E-state index in [2.05, 4.69) is 57.0 Å². The highest BCUT2D eigenvalue weighted by molar-refractivity contribution is 6.32. The van der Waals surface area contributed by atoms with Gasteiger partial charge in [-0.2, -0.15) is 13.2 Å². The van der Waals surface area contributed by atoms with E-state index in [-0.39, 0.29) is 23.9 Å². The maximum absolute atomic E-state index is 12.9. The van der Waals surface area contributed by atoms with Crippen LogP contribution in [0.15, 0.2) is 52.4 Å². The molecule has 0 atom stereocenters. The van der Waals surface area contributed by atoms with Gasteiger partial charge in [-0.3, -0.25) is 20.2 Å². The van der Waals surface area contributed by atoms with Crippen molar-refractivity contribution in [3.8, 4) is 5.75 Å². The van der Waals surface area contributed by atoms with Gasteiger partial charge in [0.05, 0.1) is 18.2 Å². The quantitative estimate of drug-likeness (QED) is 0.101. The molecule has 2 aromatic carbocycles. The second-order valence-electron chi connectivity index (χ2n) is 10.6. The molecular formula is C29H39ClF3N7O3. The summed E-state index contributed by atoms with van der Waals surface area (Å²) in [4.78, 5) is 32.1. The van der Waals surface area contributed by atoms with Gasteiger partial charge in [0, 0.05) is 30.9 Å². The summed E-state index contributed by atoms with van der Waals surface area (Å²) in [7, 11) is 4.02. The number of hydrogen-bond acceptors (Lipinski definition) is 7. The van der Waals surface area contributed by atoms with Gasteiger partial charge < -0.3 is 20.3 Å². The molecule has 0 fully saturated rings. The minimum absolute atomic E-state index is 0.0386. The number of aldehydes is 1. The number of carbonyl (C=O) groups is 2. The molecule has 0 saturated carbocycles.